The molecule has 5 rings (SSSR count). The van der Waals surface area contributed by atoms with Crippen molar-refractivity contribution in [1.29, 1.82) is 0 Å². The first-order valence-corrected chi connectivity index (χ1v) is 11.9. The number of thiophene rings is 1. The smallest absolute Gasteiger partial charge is 0.349 e. The Labute approximate surface area is 189 Å². The van der Waals surface area contributed by atoms with Crippen LogP contribution in [0.15, 0.2) is 35.1 Å². The van der Waals surface area contributed by atoms with Crippen LogP contribution in [0, 0.1) is 6.92 Å². The average molecular weight is 452 g/mol. The fourth-order valence-electron chi connectivity index (χ4n) is 4.60. The highest BCUT2D eigenvalue weighted by Gasteiger charge is 2.32. The van der Waals surface area contributed by atoms with Crippen molar-refractivity contribution in [3.05, 3.63) is 62.5 Å². The average Bonchev–Trinajstić information content (AvgIpc) is 3.43. The van der Waals surface area contributed by atoms with E-state index < -0.39 is 12.1 Å². The van der Waals surface area contributed by atoms with Crippen LogP contribution in [-0.4, -0.2) is 39.4 Å². The number of aryl methyl sites for hydroxylation is 2. The van der Waals surface area contributed by atoms with E-state index in [4.69, 9.17) is 4.74 Å². The Hall–Kier alpha value is -3.00. The SMILES string of the molecule is Cc1c(C(=O)O[C@H](C(=O)N2CCCCC2)c2ccccc2)sc2nc3n(c(=O)c12)CCC3. The maximum absolute atomic E-state index is 13.3. The summed E-state index contributed by atoms with van der Waals surface area (Å²) in [6, 6.07) is 9.13. The normalized spacial score (nSPS) is 16.7. The standard InChI is InChI=1S/C24H25N3O4S/c1-15-18-21(25-17-11-8-14-27(17)22(18)28)32-20(15)24(30)31-19(16-9-4-2-5-10-16)23(29)26-12-6-3-7-13-26/h2,4-5,9-10,19H,3,6-8,11-14H2,1H3/t19-/m0/s1. The lowest BCUT2D eigenvalue weighted by Gasteiger charge is -2.30. The summed E-state index contributed by atoms with van der Waals surface area (Å²) in [6.45, 7) is 3.76. The summed E-state index contributed by atoms with van der Waals surface area (Å²) in [5.41, 5.74) is 1.12. The first-order chi connectivity index (χ1) is 15.5. The van der Waals surface area contributed by atoms with Crippen molar-refractivity contribution in [2.75, 3.05) is 13.1 Å². The van der Waals surface area contributed by atoms with Crippen LogP contribution in [0.2, 0.25) is 0 Å². The van der Waals surface area contributed by atoms with Gasteiger partial charge >= 0.3 is 5.97 Å². The zero-order valence-electron chi connectivity index (χ0n) is 18.0. The second-order valence-electron chi connectivity index (χ2n) is 8.41. The van der Waals surface area contributed by atoms with Crippen molar-refractivity contribution in [1.82, 2.24) is 14.5 Å². The number of rotatable bonds is 4. The molecule has 1 atom stereocenters. The lowest BCUT2D eigenvalue weighted by Crippen LogP contribution is -2.40. The number of hydrogen-bond donors (Lipinski definition) is 0. The van der Waals surface area contributed by atoms with Gasteiger partial charge in [0.25, 0.3) is 11.5 Å². The highest BCUT2D eigenvalue weighted by Crippen LogP contribution is 2.31. The van der Waals surface area contributed by atoms with E-state index in [0.29, 0.717) is 45.9 Å². The van der Waals surface area contributed by atoms with E-state index in [-0.39, 0.29) is 11.5 Å². The summed E-state index contributed by atoms with van der Waals surface area (Å²) in [5.74, 6) is -0.0134. The summed E-state index contributed by atoms with van der Waals surface area (Å²) in [5, 5.41) is 0.478. The van der Waals surface area contributed by atoms with E-state index in [2.05, 4.69) is 4.98 Å². The molecule has 0 unspecified atom stereocenters. The van der Waals surface area contributed by atoms with Gasteiger partial charge in [-0.1, -0.05) is 30.3 Å². The number of aromatic nitrogens is 2. The van der Waals surface area contributed by atoms with Gasteiger partial charge in [-0.05, 0) is 38.2 Å². The van der Waals surface area contributed by atoms with E-state index >= 15 is 0 Å². The summed E-state index contributed by atoms with van der Waals surface area (Å²) < 4.78 is 7.53. The minimum Gasteiger partial charge on any atom is -0.443 e. The molecule has 0 aliphatic carbocycles. The van der Waals surface area contributed by atoms with Gasteiger partial charge in [0.2, 0.25) is 6.10 Å². The van der Waals surface area contributed by atoms with E-state index in [1.165, 1.54) is 11.3 Å². The zero-order valence-corrected chi connectivity index (χ0v) is 18.8. The first-order valence-electron chi connectivity index (χ1n) is 11.1. The first kappa shape index (κ1) is 20.9. The molecule has 7 nitrogen and oxygen atoms in total. The number of fused-ring (bicyclic) bond motifs is 2. The van der Waals surface area contributed by atoms with Gasteiger partial charge in [-0.2, -0.15) is 0 Å². The predicted octanol–water partition coefficient (Wildman–Crippen LogP) is 3.62. The van der Waals surface area contributed by atoms with Gasteiger partial charge in [0.1, 0.15) is 15.5 Å². The van der Waals surface area contributed by atoms with Crippen molar-refractivity contribution < 1.29 is 14.3 Å². The van der Waals surface area contributed by atoms with E-state index in [9.17, 15) is 14.4 Å². The van der Waals surface area contributed by atoms with Crippen LogP contribution in [0.1, 0.15) is 58.4 Å². The van der Waals surface area contributed by atoms with Crippen LogP contribution in [0.4, 0.5) is 0 Å². The Bertz CT molecular complexity index is 1240. The minimum atomic E-state index is -1.01. The Morgan fingerprint density at radius 2 is 1.81 bits per heavy atom. The van der Waals surface area contributed by atoms with Crippen LogP contribution in [0.3, 0.4) is 0 Å². The number of carbonyl (C=O) groups is 2. The molecule has 0 spiro atoms. The third-order valence-corrected chi connectivity index (χ3v) is 7.48. The molecular weight excluding hydrogens is 426 g/mol. The third-order valence-electron chi connectivity index (χ3n) is 6.32. The molecule has 8 heteroatoms. The van der Waals surface area contributed by atoms with Crippen LogP contribution in [0.5, 0.6) is 0 Å². The summed E-state index contributed by atoms with van der Waals surface area (Å²) in [6.07, 6.45) is 3.68. The molecule has 32 heavy (non-hydrogen) atoms. The van der Waals surface area contributed by atoms with Gasteiger partial charge in [-0.3, -0.25) is 14.2 Å². The van der Waals surface area contributed by atoms with E-state index in [1.54, 1.807) is 28.5 Å². The lowest BCUT2D eigenvalue weighted by atomic mass is 10.1. The fraction of sp³-hybridized carbons (Fsp3) is 0.417. The molecule has 1 fully saturated rings. The molecule has 166 valence electrons. The number of amides is 1. The molecule has 0 saturated carbocycles. The van der Waals surface area contributed by atoms with Gasteiger partial charge in [-0.15, -0.1) is 11.3 Å². The summed E-state index contributed by atoms with van der Waals surface area (Å²) >= 11 is 1.17. The van der Waals surface area contributed by atoms with Crippen LogP contribution < -0.4 is 5.56 Å². The van der Waals surface area contributed by atoms with Crippen molar-refractivity contribution >= 4 is 33.4 Å². The molecule has 4 heterocycles. The summed E-state index contributed by atoms with van der Waals surface area (Å²) in [4.78, 5) is 46.8. The molecule has 0 N–H and O–H groups in total. The molecule has 0 bridgehead atoms. The van der Waals surface area contributed by atoms with Crippen molar-refractivity contribution in [3.63, 3.8) is 0 Å². The number of nitrogens with zero attached hydrogens (tertiary/aromatic N) is 3. The minimum absolute atomic E-state index is 0.0979. The van der Waals surface area contributed by atoms with Crippen LogP contribution >= 0.6 is 11.3 Å². The van der Waals surface area contributed by atoms with Gasteiger partial charge in [0, 0.05) is 31.6 Å². The number of piperidine rings is 1. The highest BCUT2D eigenvalue weighted by molar-refractivity contribution is 7.20. The van der Waals surface area contributed by atoms with Gasteiger partial charge in [0.05, 0.1) is 5.39 Å². The number of esters is 1. The maximum Gasteiger partial charge on any atom is 0.349 e. The maximum atomic E-state index is 13.3. The molecule has 3 aromatic rings. The molecule has 1 saturated heterocycles. The number of benzene rings is 1. The van der Waals surface area contributed by atoms with Gasteiger partial charge in [-0.25, -0.2) is 9.78 Å². The molecule has 2 aliphatic heterocycles. The van der Waals surface area contributed by atoms with Crippen molar-refractivity contribution in [3.8, 4) is 0 Å². The van der Waals surface area contributed by atoms with Crippen LogP contribution in [0.25, 0.3) is 10.2 Å². The Kier molecular flexibility index (Phi) is 5.55. The molecule has 2 aromatic heterocycles. The number of ether oxygens (including phenoxy) is 1. The fourth-order valence-corrected chi connectivity index (χ4v) is 5.67. The Morgan fingerprint density at radius 3 is 2.56 bits per heavy atom. The molecular formula is C24H25N3O4S. The highest BCUT2D eigenvalue weighted by atomic mass is 32.1. The van der Waals surface area contributed by atoms with Crippen molar-refractivity contribution in [2.24, 2.45) is 0 Å². The number of hydrogen-bond acceptors (Lipinski definition) is 6. The van der Waals surface area contributed by atoms with Gasteiger partial charge in [0.15, 0.2) is 0 Å². The monoisotopic (exact) mass is 451 g/mol. The topological polar surface area (TPSA) is 81.5 Å². The predicted molar refractivity (Wildman–Crippen MR) is 122 cm³/mol. The second-order valence-corrected chi connectivity index (χ2v) is 9.41. The number of carbonyl (C=O) groups excluding carboxylic acids is 2. The lowest BCUT2D eigenvalue weighted by molar-refractivity contribution is -0.142. The summed E-state index contributed by atoms with van der Waals surface area (Å²) in [7, 11) is 0. The molecule has 1 amide bonds. The van der Waals surface area contributed by atoms with E-state index in [0.717, 1.165) is 37.9 Å². The largest absolute Gasteiger partial charge is 0.443 e. The molecule has 1 aromatic carbocycles. The van der Waals surface area contributed by atoms with E-state index in [1.807, 2.05) is 18.2 Å². The number of likely N-dealkylation sites (tertiary alicyclic amines) is 1. The second kappa shape index (κ2) is 8.50. The zero-order chi connectivity index (χ0) is 22.2. The molecule has 2 aliphatic rings. The Balaban J connectivity index is 1.49. The Morgan fingerprint density at radius 1 is 1.06 bits per heavy atom. The quantitative estimate of drug-likeness (QED) is 0.566. The van der Waals surface area contributed by atoms with Crippen molar-refractivity contribution in [2.45, 2.75) is 51.7 Å². The van der Waals surface area contributed by atoms with Crippen LogP contribution in [-0.2, 0) is 22.5 Å². The molecule has 0 radical (unpaired) electrons. The third kappa shape index (κ3) is 3.62. The van der Waals surface area contributed by atoms with Gasteiger partial charge < -0.3 is 9.64 Å².